The maximum absolute atomic E-state index is 11.6. The van der Waals surface area contributed by atoms with Gasteiger partial charge in [-0.3, -0.25) is 14.5 Å². The minimum absolute atomic E-state index is 0.00704. The van der Waals surface area contributed by atoms with Gasteiger partial charge in [0.1, 0.15) is 0 Å². The van der Waals surface area contributed by atoms with Gasteiger partial charge in [-0.1, -0.05) is 13.8 Å². The zero-order chi connectivity index (χ0) is 9.75. The summed E-state index contributed by atoms with van der Waals surface area (Å²) in [5.41, 5.74) is 5.62. The fraction of sp³-hybridized carbons (Fsp3) is 0.778. The van der Waals surface area contributed by atoms with E-state index in [1.54, 1.807) is 13.8 Å². The Bertz CT molecular complexity index is 257. The van der Waals surface area contributed by atoms with Crippen LogP contribution in [-0.4, -0.2) is 28.8 Å². The van der Waals surface area contributed by atoms with E-state index >= 15 is 0 Å². The number of nitrogens with zero attached hydrogens (tertiary/aromatic N) is 1. The average molecular weight is 182 g/mol. The molecule has 13 heavy (non-hydrogen) atoms. The van der Waals surface area contributed by atoms with Crippen LogP contribution >= 0.6 is 0 Å². The van der Waals surface area contributed by atoms with Gasteiger partial charge in [0.2, 0.25) is 11.8 Å². The van der Waals surface area contributed by atoms with E-state index in [1.807, 2.05) is 0 Å². The van der Waals surface area contributed by atoms with Gasteiger partial charge in [0.25, 0.3) is 0 Å². The number of amides is 2. The molecule has 1 saturated heterocycles. The SMILES string of the molecule is CC1C(=O)N(C2CC2N)C(=O)C1C. The Hall–Kier alpha value is -0.900. The standard InChI is InChI=1S/C9H14N2O2/c1-4-5(2)9(13)11(8(4)12)7-3-6(7)10/h4-7H,3,10H2,1-2H3. The van der Waals surface area contributed by atoms with E-state index in [4.69, 9.17) is 5.73 Å². The second kappa shape index (κ2) is 2.54. The molecule has 1 heterocycles. The van der Waals surface area contributed by atoms with Crippen molar-refractivity contribution < 1.29 is 9.59 Å². The first-order valence-electron chi connectivity index (χ1n) is 4.66. The Morgan fingerprint density at radius 2 is 1.62 bits per heavy atom. The number of imide groups is 1. The highest BCUT2D eigenvalue weighted by Gasteiger charge is 2.52. The van der Waals surface area contributed by atoms with Gasteiger partial charge in [-0.2, -0.15) is 0 Å². The predicted octanol–water partition coefficient (Wildman–Crippen LogP) is -0.273. The third-order valence-corrected chi connectivity index (χ3v) is 3.14. The molecule has 0 radical (unpaired) electrons. The van der Waals surface area contributed by atoms with Crippen LogP contribution in [0.5, 0.6) is 0 Å². The highest BCUT2D eigenvalue weighted by molar-refractivity contribution is 6.05. The van der Waals surface area contributed by atoms with Crippen LogP contribution in [0.4, 0.5) is 0 Å². The molecule has 2 aliphatic rings. The number of hydrogen-bond donors (Lipinski definition) is 1. The number of carbonyl (C=O) groups excluding carboxylic acids is 2. The van der Waals surface area contributed by atoms with E-state index in [-0.39, 0.29) is 35.7 Å². The highest BCUT2D eigenvalue weighted by atomic mass is 16.2. The molecular formula is C9H14N2O2. The minimum atomic E-state index is -0.166. The normalized spacial score (nSPS) is 44.4. The smallest absolute Gasteiger partial charge is 0.233 e. The molecule has 4 unspecified atom stereocenters. The molecule has 0 aromatic carbocycles. The Morgan fingerprint density at radius 1 is 1.23 bits per heavy atom. The van der Waals surface area contributed by atoms with Crippen molar-refractivity contribution in [1.29, 1.82) is 0 Å². The maximum atomic E-state index is 11.6. The van der Waals surface area contributed by atoms with Crippen LogP contribution in [0.15, 0.2) is 0 Å². The van der Waals surface area contributed by atoms with Crippen molar-refractivity contribution in [3.05, 3.63) is 0 Å². The lowest BCUT2D eigenvalue weighted by Crippen LogP contribution is -2.36. The number of hydrogen-bond acceptors (Lipinski definition) is 3. The summed E-state index contributed by atoms with van der Waals surface area (Å²) in [5.74, 6) is -0.425. The topological polar surface area (TPSA) is 63.4 Å². The second-order valence-corrected chi connectivity index (χ2v) is 4.09. The third kappa shape index (κ3) is 1.09. The summed E-state index contributed by atoms with van der Waals surface area (Å²) >= 11 is 0. The molecule has 2 N–H and O–H groups in total. The first-order chi connectivity index (χ1) is 6.04. The Morgan fingerprint density at radius 3 is 1.92 bits per heavy atom. The summed E-state index contributed by atoms with van der Waals surface area (Å²) in [6.07, 6.45) is 0.775. The van der Waals surface area contributed by atoms with E-state index in [1.165, 1.54) is 4.90 Å². The van der Waals surface area contributed by atoms with Crippen molar-refractivity contribution in [2.45, 2.75) is 32.4 Å². The van der Waals surface area contributed by atoms with Gasteiger partial charge < -0.3 is 5.73 Å². The molecule has 72 valence electrons. The molecule has 2 amide bonds. The average Bonchev–Trinajstić information content (AvgIpc) is 2.75. The zero-order valence-electron chi connectivity index (χ0n) is 7.86. The largest absolute Gasteiger partial charge is 0.326 e. The van der Waals surface area contributed by atoms with E-state index in [0.29, 0.717) is 0 Å². The molecule has 4 atom stereocenters. The van der Waals surface area contributed by atoms with Crippen LogP contribution in [-0.2, 0) is 9.59 Å². The van der Waals surface area contributed by atoms with Gasteiger partial charge in [-0.25, -0.2) is 0 Å². The lowest BCUT2D eigenvalue weighted by molar-refractivity contribution is -0.140. The number of rotatable bonds is 1. The van der Waals surface area contributed by atoms with Crippen molar-refractivity contribution in [1.82, 2.24) is 4.90 Å². The molecule has 1 aliphatic carbocycles. The first kappa shape index (κ1) is 8.69. The predicted molar refractivity (Wildman–Crippen MR) is 46.6 cm³/mol. The van der Waals surface area contributed by atoms with Crippen LogP contribution in [0.25, 0.3) is 0 Å². The Balaban J connectivity index is 2.20. The van der Waals surface area contributed by atoms with Gasteiger partial charge >= 0.3 is 0 Å². The van der Waals surface area contributed by atoms with Gasteiger partial charge in [0, 0.05) is 17.9 Å². The highest BCUT2D eigenvalue weighted by Crippen LogP contribution is 2.35. The van der Waals surface area contributed by atoms with Crippen LogP contribution in [0.3, 0.4) is 0 Å². The molecule has 0 aromatic rings. The minimum Gasteiger partial charge on any atom is -0.326 e. The fourth-order valence-electron chi connectivity index (χ4n) is 1.80. The molecule has 2 fully saturated rings. The van der Waals surface area contributed by atoms with Crippen molar-refractivity contribution in [2.75, 3.05) is 0 Å². The second-order valence-electron chi connectivity index (χ2n) is 4.09. The Labute approximate surface area is 77.1 Å². The summed E-state index contributed by atoms with van der Waals surface area (Å²) in [5, 5.41) is 0. The van der Waals surface area contributed by atoms with Gasteiger partial charge in [0.15, 0.2) is 0 Å². The van der Waals surface area contributed by atoms with Crippen molar-refractivity contribution in [3.63, 3.8) is 0 Å². The third-order valence-electron chi connectivity index (χ3n) is 3.14. The van der Waals surface area contributed by atoms with E-state index < -0.39 is 0 Å². The molecule has 4 heteroatoms. The molecule has 1 aliphatic heterocycles. The molecular weight excluding hydrogens is 168 g/mol. The van der Waals surface area contributed by atoms with Gasteiger partial charge in [-0.05, 0) is 6.42 Å². The lowest BCUT2D eigenvalue weighted by atomic mass is 10.00. The fourth-order valence-corrected chi connectivity index (χ4v) is 1.80. The quantitative estimate of drug-likeness (QED) is 0.568. The van der Waals surface area contributed by atoms with Crippen molar-refractivity contribution in [2.24, 2.45) is 17.6 Å². The molecule has 0 bridgehead atoms. The molecule has 4 nitrogen and oxygen atoms in total. The van der Waals surface area contributed by atoms with E-state index in [2.05, 4.69) is 0 Å². The van der Waals surface area contributed by atoms with Crippen LogP contribution in [0, 0.1) is 11.8 Å². The van der Waals surface area contributed by atoms with Crippen LogP contribution in [0.2, 0.25) is 0 Å². The summed E-state index contributed by atoms with van der Waals surface area (Å²) in [6, 6.07) is 0.0119. The lowest BCUT2D eigenvalue weighted by Gasteiger charge is -2.12. The summed E-state index contributed by atoms with van der Waals surface area (Å²) in [6.45, 7) is 3.61. The zero-order valence-corrected chi connectivity index (χ0v) is 7.86. The van der Waals surface area contributed by atoms with E-state index in [0.717, 1.165) is 6.42 Å². The Kier molecular flexibility index (Phi) is 1.70. The molecule has 2 rings (SSSR count). The summed E-state index contributed by atoms with van der Waals surface area (Å²) in [4.78, 5) is 24.6. The molecule has 0 aromatic heterocycles. The summed E-state index contributed by atoms with van der Waals surface area (Å²) in [7, 11) is 0. The van der Waals surface area contributed by atoms with Crippen molar-refractivity contribution >= 4 is 11.8 Å². The van der Waals surface area contributed by atoms with Crippen LogP contribution < -0.4 is 5.73 Å². The number of carbonyl (C=O) groups is 2. The molecule has 1 saturated carbocycles. The van der Waals surface area contributed by atoms with Gasteiger partial charge in [0.05, 0.1) is 6.04 Å². The summed E-state index contributed by atoms with van der Waals surface area (Å²) < 4.78 is 0. The maximum Gasteiger partial charge on any atom is 0.233 e. The van der Waals surface area contributed by atoms with Crippen molar-refractivity contribution in [3.8, 4) is 0 Å². The monoisotopic (exact) mass is 182 g/mol. The number of likely N-dealkylation sites (tertiary alicyclic amines) is 1. The number of nitrogens with two attached hydrogens (primary N) is 1. The van der Waals surface area contributed by atoms with Crippen LogP contribution in [0.1, 0.15) is 20.3 Å². The molecule has 0 spiro atoms. The van der Waals surface area contributed by atoms with E-state index in [9.17, 15) is 9.59 Å². The van der Waals surface area contributed by atoms with Gasteiger partial charge in [-0.15, -0.1) is 0 Å². The first-order valence-corrected chi connectivity index (χ1v) is 4.66.